The highest BCUT2D eigenvalue weighted by Crippen LogP contribution is 2.21. The van der Waals surface area contributed by atoms with E-state index in [1.165, 1.54) is 0 Å². The Morgan fingerprint density at radius 2 is 2.28 bits per heavy atom. The quantitative estimate of drug-likeness (QED) is 0.338. The number of nitrogens with zero attached hydrogens (tertiary/aromatic N) is 3. The van der Waals surface area contributed by atoms with Crippen LogP contribution in [-0.2, 0) is 0 Å². The molecule has 2 rings (SSSR count). The first-order chi connectivity index (χ1) is 8.61. The van der Waals surface area contributed by atoms with Crippen LogP contribution in [0.3, 0.4) is 0 Å². The van der Waals surface area contributed by atoms with Crippen LogP contribution in [0.1, 0.15) is 11.3 Å². The van der Waals surface area contributed by atoms with E-state index in [0.29, 0.717) is 5.69 Å². The highest BCUT2D eigenvalue weighted by atomic mass is 79.9. The molecule has 1 aromatic carbocycles. The van der Waals surface area contributed by atoms with Crippen LogP contribution in [0.25, 0.3) is 0 Å². The first kappa shape index (κ1) is 12.4. The van der Waals surface area contributed by atoms with Crippen molar-refractivity contribution in [3.05, 3.63) is 33.9 Å². The summed E-state index contributed by atoms with van der Waals surface area (Å²) in [6.45, 7) is 1.97. The minimum atomic E-state index is 0.0430. The Balaban J connectivity index is 2.27. The van der Waals surface area contributed by atoms with E-state index in [1.54, 1.807) is 0 Å². The predicted octanol–water partition coefficient (Wildman–Crippen LogP) is 1.97. The van der Waals surface area contributed by atoms with Crippen molar-refractivity contribution in [3.8, 4) is 0 Å². The summed E-state index contributed by atoms with van der Waals surface area (Å²) in [5, 5.41) is 21.9. The Bertz CT molecular complexity index is 596. The van der Waals surface area contributed by atoms with Crippen molar-refractivity contribution in [3.63, 3.8) is 0 Å². The van der Waals surface area contributed by atoms with E-state index in [9.17, 15) is 0 Å². The van der Waals surface area contributed by atoms with Crippen LogP contribution in [-0.4, -0.2) is 21.4 Å². The van der Waals surface area contributed by atoms with Gasteiger partial charge < -0.3 is 16.3 Å². The average molecular weight is 312 g/mol. The van der Waals surface area contributed by atoms with Gasteiger partial charge in [-0.2, -0.15) is 0 Å². The van der Waals surface area contributed by atoms with Crippen molar-refractivity contribution in [2.75, 3.05) is 11.1 Å². The van der Waals surface area contributed by atoms with Gasteiger partial charge in [-0.1, -0.05) is 27.2 Å². The Labute approximate surface area is 111 Å². The Morgan fingerprint density at radius 3 is 2.83 bits per heavy atom. The SMILES string of the molecule is Cc1ccc(N/C(=N/O)c2nonc2N)cc1Br. The van der Waals surface area contributed by atoms with Crippen molar-refractivity contribution in [1.29, 1.82) is 0 Å². The number of oxime groups is 1. The van der Waals surface area contributed by atoms with Gasteiger partial charge in [-0.15, -0.1) is 0 Å². The van der Waals surface area contributed by atoms with Gasteiger partial charge in [-0.3, -0.25) is 0 Å². The molecule has 1 heterocycles. The number of benzene rings is 1. The molecule has 0 saturated carbocycles. The zero-order chi connectivity index (χ0) is 13.1. The van der Waals surface area contributed by atoms with Crippen LogP contribution in [0.5, 0.6) is 0 Å². The molecule has 0 atom stereocenters. The third-order valence-electron chi connectivity index (χ3n) is 2.27. The number of rotatable bonds is 2. The molecule has 0 saturated heterocycles. The standard InChI is InChI=1S/C10H10BrN5O2/c1-5-2-3-6(4-7(5)11)13-10(14-17)8-9(12)16-18-15-8/h2-4,17H,1H3,(H2,12,16)(H,13,14). The molecule has 0 spiro atoms. The maximum atomic E-state index is 8.96. The zero-order valence-electron chi connectivity index (χ0n) is 9.38. The maximum absolute atomic E-state index is 8.96. The van der Waals surface area contributed by atoms with Crippen LogP contribution < -0.4 is 11.1 Å². The summed E-state index contributed by atoms with van der Waals surface area (Å²) in [6.07, 6.45) is 0. The molecule has 2 aromatic rings. The van der Waals surface area contributed by atoms with Crippen LogP contribution in [0.2, 0.25) is 0 Å². The monoisotopic (exact) mass is 311 g/mol. The predicted molar refractivity (Wildman–Crippen MR) is 69.5 cm³/mol. The molecule has 0 aliphatic heterocycles. The minimum absolute atomic E-state index is 0.0430. The molecule has 7 nitrogen and oxygen atoms in total. The smallest absolute Gasteiger partial charge is 0.203 e. The van der Waals surface area contributed by atoms with Crippen molar-refractivity contribution in [1.82, 2.24) is 10.3 Å². The Kier molecular flexibility index (Phi) is 3.47. The zero-order valence-corrected chi connectivity index (χ0v) is 11.0. The second kappa shape index (κ2) is 5.05. The molecule has 0 bridgehead atoms. The third-order valence-corrected chi connectivity index (χ3v) is 3.13. The van der Waals surface area contributed by atoms with E-state index >= 15 is 0 Å². The molecule has 4 N–H and O–H groups in total. The molecule has 0 radical (unpaired) electrons. The summed E-state index contributed by atoms with van der Waals surface area (Å²) >= 11 is 3.41. The minimum Gasteiger partial charge on any atom is -0.409 e. The van der Waals surface area contributed by atoms with Gasteiger partial charge in [0, 0.05) is 10.2 Å². The van der Waals surface area contributed by atoms with Gasteiger partial charge in [-0.05, 0) is 34.9 Å². The first-order valence-electron chi connectivity index (χ1n) is 4.95. The lowest BCUT2D eigenvalue weighted by Gasteiger charge is -2.07. The summed E-state index contributed by atoms with van der Waals surface area (Å²) in [7, 11) is 0. The fourth-order valence-corrected chi connectivity index (χ4v) is 1.68. The normalized spacial score (nSPS) is 11.6. The summed E-state index contributed by atoms with van der Waals surface area (Å²) < 4.78 is 5.37. The Morgan fingerprint density at radius 1 is 1.50 bits per heavy atom. The molecule has 0 fully saturated rings. The summed E-state index contributed by atoms with van der Waals surface area (Å²) in [6, 6.07) is 5.57. The van der Waals surface area contributed by atoms with Gasteiger partial charge in [0.25, 0.3) is 0 Å². The lowest BCUT2D eigenvalue weighted by molar-refractivity contribution is 0.305. The van der Waals surface area contributed by atoms with Crippen molar-refractivity contribution in [2.24, 2.45) is 5.16 Å². The molecule has 8 heteroatoms. The molecule has 0 aliphatic carbocycles. The van der Waals surface area contributed by atoms with Crippen molar-refractivity contribution >= 4 is 33.3 Å². The highest BCUT2D eigenvalue weighted by molar-refractivity contribution is 9.10. The van der Waals surface area contributed by atoms with Gasteiger partial charge in [0.15, 0.2) is 11.5 Å². The number of nitrogens with one attached hydrogen (secondary N) is 1. The number of anilines is 2. The average Bonchev–Trinajstić information content (AvgIpc) is 2.77. The van der Waals surface area contributed by atoms with E-state index in [1.807, 2.05) is 25.1 Å². The second-order valence-electron chi connectivity index (χ2n) is 3.54. The van der Waals surface area contributed by atoms with Crippen LogP contribution in [0, 0.1) is 6.92 Å². The third kappa shape index (κ3) is 2.43. The first-order valence-corrected chi connectivity index (χ1v) is 5.74. The Hall–Kier alpha value is -2.09. The van der Waals surface area contributed by atoms with Gasteiger partial charge >= 0.3 is 0 Å². The van der Waals surface area contributed by atoms with Gasteiger partial charge in [-0.25, -0.2) is 4.63 Å². The number of aromatic nitrogens is 2. The number of nitrogen functional groups attached to an aromatic ring is 1. The molecule has 1 aromatic heterocycles. The van der Waals surface area contributed by atoms with E-state index in [2.05, 4.69) is 41.3 Å². The van der Waals surface area contributed by atoms with Crippen LogP contribution in [0.4, 0.5) is 11.5 Å². The van der Waals surface area contributed by atoms with Gasteiger partial charge in [0.1, 0.15) is 0 Å². The number of aryl methyl sites for hydroxylation is 1. The van der Waals surface area contributed by atoms with Crippen LogP contribution >= 0.6 is 15.9 Å². The molecule has 0 unspecified atom stereocenters. The largest absolute Gasteiger partial charge is 0.409 e. The van der Waals surface area contributed by atoms with Gasteiger partial charge in [0.05, 0.1) is 0 Å². The van der Waals surface area contributed by atoms with Crippen molar-refractivity contribution < 1.29 is 9.84 Å². The lowest BCUT2D eigenvalue weighted by atomic mass is 10.2. The molecule has 18 heavy (non-hydrogen) atoms. The fourth-order valence-electron chi connectivity index (χ4n) is 1.30. The number of hydrogen-bond acceptors (Lipinski definition) is 6. The maximum Gasteiger partial charge on any atom is 0.203 e. The highest BCUT2D eigenvalue weighted by Gasteiger charge is 2.15. The second-order valence-corrected chi connectivity index (χ2v) is 4.39. The molecule has 0 amide bonds. The van der Waals surface area contributed by atoms with E-state index < -0.39 is 0 Å². The van der Waals surface area contributed by atoms with Crippen molar-refractivity contribution in [2.45, 2.75) is 6.92 Å². The summed E-state index contributed by atoms with van der Waals surface area (Å²) in [4.78, 5) is 0. The molecule has 94 valence electrons. The van der Waals surface area contributed by atoms with Crippen LogP contribution in [0.15, 0.2) is 32.5 Å². The molecular weight excluding hydrogens is 302 g/mol. The summed E-state index contributed by atoms with van der Waals surface area (Å²) in [5.74, 6) is 0.103. The topological polar surface area (TPSA) is 110 Å². The lowest BCUT2D eigenvalue weighted by Crippen LogP contribution is -2.16. The molecule has 0 aliphatic rings. The van der Waals surface area contributed by atoms with E-state index in [4.69, 9.17) is 10.9 Å². The number of hydrogen-bond donors (Lipinski definition) is 3. The summed E-state index contributed by atoms with van der Waals surface area (Å²) in [5.41, 5.74) is 7.46. The van der Waals surface area contributed by atoms with E-state index in [0.717, 1.165) is 10.0 Å². The van der Waals surface area contributed by atoms with Gasteiger partial charge in [0.2, 0.25) is 5.84 Å². The molecular formula is C10H10BrN5O2. The number of halogens is 1. The number of nitrogens with two attached hydrogens (primary N) is 1. The number of amidine groups is 1. The van der Waals surface area contributed by atoms with E-state index in [-0.39, 0.29) is 17.3 Å². The fraction of sp³-hybridized carbons (Fsp3) is 0.100.